The summed E-state index contributed by atoms with van der Waals surface area (Å²) in [6.45, 7) is 1.60. The van der Waals surface area contributed by atoms with Crippen LogP contribution >= 0.6 is 11.6 Å². The first-order chi connectivity index (χ1) is 8.67. The molecule has 1 aliphatic carbocycles. The van der Waals surface area contributed by atoms with Crippen molar-refractivity contribution in [2.75, 3.05) is 13.2 Å². The van der Waals surface area contributed by atoms with Crippen molar-refractivity contribution in [2.24, 2.45) is 5.41 Å². The molecule has 1 aliphatic rings. The van der Waals surface area contributed by atoms with E-state index in [0.29, 0.717) is 11.6 Å². The molecule has 18 heavy (non-hydrogen) atoms. The van der Waals surface area contributed by atoms with Gasteiger partial charge in [0, 0.05) is 30.7 Å². The number of para-hydroxylation sites is 1. The summed E-state index contributed by atoms with van der Waals surface area (Å²) in [5.74, 6) is 0.149. The molecule has 100 valence electrons. The molecule has 0 aliphatic heterocycles. The number of phenolic OH excluding ortho intramolecular Hbond substituents is 1. The van der Waals surface area contributed by atoms with Crippen LogP contribution in [0.4, 0.5) is 0 Å². The van der Waals surface area contributed by atoms with Crippen molar-refractivity contribution >= 4 is 11.6 Å². The number of hydrogen-bond acceptors (Lipinski definition) is 3. The Kier molecular flexibility index (Phi) is 4.49. The summed E-state index contributed by atoms with van der Waals surface area (Å²) >= 11 is 5.86. The van der Waals surface area contributed by atoms with Crippen LogP contribution in [-0.2, 0) is 6.54 Å². The van der Waals surface area contributed by atoms with Gasteiger partial charge in [0.2, 0.25) is 0 Å². The number of hydrogen-bond donors (Lipinski definition) is 3. The van der Waals surface area contributed by atoms with Gasteiger partial charge in [-0.15, -0.1) is 0 Å². The number of aliphatic hydroxyl groups is 1. The molecule has 3 nitrogen and oxygen atoms in total. The number of phenols is 1. The summed E-state index contributed by atoms with van der Waals surface area (Å²) in [6, 6.07) is 5.36. The molecule has 0 bridgehead atoms. The topological polar surface area (TPSA) is 52.5 Å². The minimum atomic E-state index is 0.0359. The van der Waals surface area contributed by atoms with Crippen molar-refractivity contribution < 1.29 is 10.2 Å². The lowest BCUT2D eigenvalue weighted by atomic mass is 9.87. The van der Waals surface area contributed by atoms with E-state index in [9.17, 15) is 10.2 Å². The van der Waals surface area contributed by atoms with E-state index in [1.54, 1.807) is 6.07 Å². The van der Waals surface area contributed by atoms with Crippen LogP contribution in [0.1, 0.15) is 31.2 Å². The predicted molar refractivity (Wildman–Crippen MR) is 72.8 cm³/mol. The van der Waals surface area contributed by atoms with Crippen LogP contribution in [0.2, 0.25) is 5.02 Å². The van der Waals surface area contributed by atoms with Gasteiger partial charge in [-0.25, -0.2) is 0 Å². The van der Waals surface area contributed by atoms with Crippen molar-refractivity contribution in [3.63, 3.8) is 0 Å². The molecule has 0 heterocycles. The lowest BCUT2D eigenvalue weighted by Crippen LogP contribution is -2.34. The smallest absolute Gasteiger partial charge is 0.138 e. The molecular formula is C14H20ClNO2. The minimum absolute atomic E-state index is 0.0359. The van der Waals surface area contributed by atoms with E-state index < -0.39 is 0 Å². The van der Waals surface area contributed by atoms with Crippen molar-refractivity contribution in [3.05, 3.63) is 28.8 Å². The number of rotatable bonds is 5. The van der Waals surface area contributed by atoms with E-state index in [2.05, 4.69) is 5.32 Å². The standard InChI is InChI=1S/C14H20ClNO2/c15-12-5-3-4-11(13(12)18)8-16-9-14(10-17)6-1-2-7-14/h3-5,16-18H,1-2,6-10H2. The largest absolute Gasteiger partial charge is 0.506 e. The normalized spacial score (nSPS) is 18.1. The zero-order chi connectivity index (χ0) is 13.0. The van der Waals surface area contributed by atoms with Gasteiger partial charge in [-0.3, -0.25) is 0 Å². The van der Waals surface area contributed by atoms with Crippen molar-refractivity contribution in [1.29, 1.82) is 0 Å². The van der Waals surface area contributed by atoms with Gasteiger partial charge < -0.3 is 15.5 Å². The van der Waals surface area contributed by atoms with Gasteiger partial charge >= 0.3 is 0 Å². The predicted octanol–water partition coefficient (Wildman–Crippen LogP) is 2.69. The first kappa shape index (κ1) is 13.7. The Morgan fingerprint density at radius 3 is 2.67 bits per heavy atom. The first-order valence-corrected chi connectivity index (χ1v) is 6.83. The van der Waals surface area contributed by atoms with Gasteiger partial charge in [0.25, 0.3) is 0 Å². The monoisotopic (exact) mass is 269 g/mol. The second-order valence-corrected chi connectivity index (χ2v) is 5.62. The highest BCUT2D eigenvalue weighted by Crippen LogP contribution is 2.37. The van der Waals surface area contributed by atoms with Gasteiger partial charge in [-0.05, 0) is 18.9 Å². The second kappa shape index (κ2) is 5.91. The number of aromatic hydroxyl groups is 1. The summed E-state index contributed by atoms with van der Waals surface area (Å²) in [5, 5.41) is 23.0. The van der Waals surface area contributed by atoms with Gasteiger partial charge in [0.15, 0.2) is 0 Å². The average Bonchev–Trinajstić information content (AvgIpc) is 2.84. The van der Waals surface area contributed by atoms with E-state index in [0.717, 1.165) is 24.9 Å². The molecule has 0 spiro atoms. The lowest BCUT2D eigenvalue weighted by Gasteiger charge is -2.26. The first-order valence-electron chi connectivity index (χ1n) is 6.45. The summed E-state index contributed by atoms with van der Waals surface area (Å²) < 4.78 is 0. The molecule has 2 rings (SSSR count). The molecule has 1 fully saturated rings. The molecule has 4 heteroatoms. The molecule has 0 aromatic heterocycles. The Morgan fingerprint density at radius 1 is 1.28 bits per heavy atom. The van der Waals surface area contributed by atoms with Crippen molar-refractivity contribution in [3.8, 4) is 5.75 Å². The molecular weight excluding hydrogens is 250 g/mol. The van der Waals surface area contributed by atoms with Gasteiger partial charge in [-0.2, -0.15) is 0 Å². The number of halogens is 1. The van der Waals surface area contributed by atoms with Crippen molar-refractivity contribution in [2.45, 2.75) is 32.2 Å². The summed E-state index contributed by atoms with van der Waals surface area (Å²) in [5.41, 5.74) is 0.836. The van der Waals surface area contributed by atoms with E-state index in [-0.39, 0.29) is 17.8 Å². The van der Waals surface area contributed by atoms with Crippen LogP contribution < -0.4 is 5.32 Å². The quantitative estimate of drug-likeness (QED) is 0.770. The Morgan fingerprint density at radius 2 is 2.00 bits per heavy atom. The fourth-order valence-electron chi connectivity index (χ4n) is 2.68. The highest BCUT2D eigenvalue weighted by molar-refractivity contribution is 6.32. The molecule has 1 aromatic rings. The third-order valence-corrected chi connectivity index (χ3v) is 4.19. The van der Waals surface area contributed by atoms with Crippen LogP contribution in [0.25, 0.3) is 0 Å². The summed E-state index contributed by atoms with van der Waals surface area (Å²) in [4.78, 5) is 0. The Balaban J connectivity index is 1.90. The lowest BCUT2D eigenvalue weighted by molar-refractivity contribution is 0.128. The highest BCUT2D eigenvalue weighted by Gasteiger charge is 2.32. The number of benzene rings is 1. The van der Waals surface area contributed by atoms with Gasteiger partial charge in [-0.1, -0.05) is 36.6 Å². The molecule has 0 amide bonds. The zero-order valence-corrected chi connectivity index (χ0v) is 11.2. The van der Waals surface area contributed by atoms with E-state index in [4.69, 9.17) is 11.6 Å². The Hall–Kier alpha value is -0.770. The summed E-state index contributed by atoms with van der Waals surface area (Å²) in [6.07, 6.45) is 4.56. The van der Waals surface area contributed by atoms with E-state index in [1.165, 1.54) is 12.8 Å². The van der Waals surface area contributed by atoms with E-state index >= 15 is 0 Å². The Bertz CT molecular complexity index is 403. The Labute approximate surface area is 113 Å². The third kappa shape index (κ3) is 2.97. The van der Waals surface area contributed by atoms with Crippen LogP contribution in [0.5, 0.6) is 5.75 Å². The third-order valence-electron chi connectivity index (χ3n) is 3.89. The fourth-order valence-corrected chi connectivity index (χ4v) is 2.87. The molecule has 0 radical (unpaired) electrons. The molecule has 0 unspecified atom stereocenters. The zero-order valence-electron chi connectivity index (χ0n) is 10.5. The average molecular weight is 270 g/mol. The maximum atomic E-state index is 9.79. The summed E-state index contributed by atoms with van der Waals surface area (Å²) in [7, 11) is 0. The van der Waals surface area contributed by atoms with E-state index in [1.807, 2.05) is 12.1 Å². The number of nitrogens with one attached hydrogen (secondary N) is 1. The fraction of sp³-hybridized carbons (Fsp3) is 0.571. The molecule has 0 saturated heterocycles. The maximum absolute atomic E-state index is 9.79. The maximum Gasteiger partial charge on any atom is 0.138 e. The second-order valence-electron chi connectivity index (χ2n) is 5.22. The van der Waals surface area contributed by atoms with Crippen LogP contribution in [0, 0.1) is 5.41 Å². The van der Waals surface area contributed by atoms with Crippen LogP contribution in [0.3, 0.4) is 0 Å². The van der Waals surface area contributed by atoms with Crippen LogP contribution in [-0.4, -0.2) is 23.4 Å². The van der Waals surface area contributed by atoms with Gasteiger partial charge in [0.05, 0.1) is 5.02 Å². The molecule has 1 saturated carbocycles. The van der Waals surface area contributed by atoms with Crippen molar-refractivity contribution in [1.82, 2.24) is 5.32 Å². The molecule has 3 N–H and O–H groups in total. The minimum Gasteiger partial charge on any atom is -0.506 e. The number of aliphatic hydroxyl groups excluding tert-OH is 1. The van der Waals surface area contributed by atoms with Gasteiger partial charge in [0.1, 0.15) is 5.75 Å². The molecule has 1 aromatic carbocycles. The van der Waals surface area contributed by atoms with Crippen LogP contribution in [0.15, 0.2) is 18.2 Å². The highest BCUT2D eigenvalue weighted by atomic mass is 35.5. The molecule has 0 atom stereocenters. The SMILES string of the molecule is OCC1(CNCc2cccc(Cl)c2O)CCCC1.